The number of hydrogen-bond acceptors (Lipinski definition) is 3. The van der Waals surface area contributed by atoms with E-state index in [9.17, 15) is 9.59 Å². The van der Waals surface area contributed by atoms with Gasteiger partial charge in [0.15, 0.2) is 0 Å². The average Bonchev–Trinajstić information content (AvgIpc) is 2.52. The van der Waals surface area contributed by atoms with E-state index in [1.165, 1.54) is 4.90 Å². The Morgan fingerprint density at radius 3 is 2.63 bits per heavy atom. The van der Waals surface area contributed by atoms with E-state index < -0.39 is 5.41 Å². The summed E-state index contributed by atoms with van der Waals surface area (Å²) in [7, 11) is 0. The standard InChI is InChI=1S/C14H16N2O2S/c1-14(2)7-11(17)16(13(14)18)8-9-4-3-5-10(6-9)12(15)19/h3-6H,7-8H2,1-2H3,(H2,15,19). The fourth-order valence-corrected chi connectivity index (χ4v) is 2.32. The molecule has 0 bridgehead atoms. The van der Waals surface area contributed by atoms with E-state index in [1.807, 2.05) is 24.3 Å². The fourth-order valence-electron chi connectivity index (χ4n) is 2.19. The van der Waals surface area contributed by atoms with Crippen molar-refractivity contribution in [3.05, 3.63) is 35.4 Å². The van der Waals surface area contributed by atoms with Gasteiger partial charge >= 0.3 is 0 Å². The molecule has 0 atom stereocenters. The lowest BCUT2D eigenvalue weighted by Gasteiger charge is -2.18. The predicted molar refractivity (Wildman–Crippen MR) is 76.3 cm³/mol. The Morgan fingerprint density at radius 1 is 1.42 bits per heavy atom. The minimum absolute atomic E-state index is 0.127. The molecule has 0 aromatic heterocycles. The first-order valence-corrected chi connectivity index (χ1v) is 6.45. The van der Waals surface area contributed by atoms with Crippen LogP contribution >= 0.6 is 12.2 Å². The number of amides is 2. The molecule has 2 N–H and O–H groups in total. The van der Waals surface area contributed by atoms with Crippen molar-refractivity contribution in [3.63, 3.8) is 0 Å². The molecule has 0 unspecified atom stereocenters. The number of carbonyl (C=O) groups excluding carboxylic acids is 2. The maximum Gasteiger partial charge on any atom is 0.235 e. The molecule has 1 aromatic rings. The maximum absolute atomic E-state index is 12.1. The Balaban J connectivity index is 2.22. The normalized spacial score (nSPS) is 17.9. The van der Waals surface area contributed by atoms with Gasteiger partial charge in [0.1, 0.15) is 4.99 Å². The van der Waals surface area contributed by atoms with Crippen molar-refractivity contribution >= 4 is 29.0 Å². The average molecular weight is 276 g/mol. The molecular formula is C14H16N2O2S. The Labute approximate surface area is 117 Å². The number of carbonyl (C=O) groups is 2. The molecule has 19 heavy (non-hydrogen) atoms. The van der Waals surface area contributed by atoms with Gasteiger partial charge in [-0.25, -0.2) is 0 Å². The summed E-state index contributed by atoms with van der Waals surface area (Å²) in [5.74, 6) is -0.256. The molecule has 1 aliphatic heterocycles. The van der Waals surface area contributed by atoms with E-state index >= 15 is 0 Å². The summed E-state index contributed by atoms with van der Waals surface area (Å²) >= 11 is 4.92. The summed E-state index contributed by atoms with van der Waals surface area (Å²) in [5.41, 5.74) is 6.57. The van der Waals surface area contributed by atoms with Gasteiger partial charge in [0.05, 0.1) is 12.0 Å². The van der Waals surface area contributed by atoms with Crippen LogP contribution in [0.3, 0.4) is 0 Å². The summed E-state index contributed by atoms with van der Waals surface area (Å²) in [6.45, 7) is 3.86. The quantitative estimate of drug-likeness (QED) is 0.673. The molecule has 2 amide bonds. The summed E-state index contributed by atoms with van der Waals surface area (Å²) in [4.78, 5) is 25.6. The van der Waals surface area contributed by atoms with Crippen LogP contribution in [0.5, 0.6) is 0 Å². The molecule has 0 radical (unpaired) electrons. The van der Waals surface area contributed by atoms with Crippen LogP contribution in [-0.4, -0.2) is 21.7 Å². The molecule has 4 nitrogen and oxygen atoms in total. The topological polar surface area (TPSA) is 63.4 Å². The number of nitrogens with two attached hydrogens (primary N) is 1. The third kappa shape index (κ3) is 2.66. The highest BCUT2D eigenvalue weighted by molar-refractivity contribution is 7.80. The van der Waals surface area contributed by atoms with Gasteiger partial charge in [0.25, 0.3) is 0 Å². The molecule has 1 heterocycles. The third-order valence-electron chi connectivity index (χ3n) is 3.27. The summed E-state index contributed by atoms with van der Waals surface area (Å²) in [6, 6.07) is 7.30. The highest BCUT2D eigenvalue weighted by atomic mass is 32.1. The van der Waals surface area contributed by atoms with E-state index in [4.69, 9.17) is 18.0 Å². The molecule has 100 valence electrons. The Hall–Kier alpha value is -1.75. The first-order valence-electron chi connectivity index (χ1n) is 6.05. The largest absolute Gasteiger partial charge is 0.389 e. The number of likely N-dealkylation sites (tertiary alicyclic amines) is 1. The number of thiocarbonyl (C=S) groups is 1. The second kappa shape index (κ2) is 4.74. The molecule has 5 heteroatoms. The predicted octanol–water partition coefficient (Wildman–Crippen LogP) is 1.61. The van der Waals surface area contributed by atoms with Gasteiger partial charge in [-0.2, -0.15) is 0 Å². The molecule has 1 saturated heterocycles. The van der Waals surface area contributed by atoms with Crippen LogP contribution in [0.25, 0.3) is 0 Å². The van der Waals surface area contributed by atoms with Crippen LogP contribution in [0.4, 0.5) is 0 Å². The maximum atomic E-state index is 12.1. The van der Waals surface area contributed by atoms with Crippen molar-refractivity contribution in [1.29, 1.82) is 0 Å². The minimum atomic E-state index is -0.599. The van der Waals surface area contributed by atoms with Gasteiger partial charge in [-0.3, -0.25) is 14.5 Å². The van der Waals surface area contributed by atoms with Gasteiger partial charge < -0.3 is 5.73 Å². The van der Waals surface area contributed by atoms with Crippen molar-refractivity contribution in [2.24, 2.45) is 11.1 Å². The van der Waals surface area contributed by atoms with Gasteiger partial charge in [-0.05, 0) is 11.6 Å². The van der Waals surface area contributed by atoms with Gasteiger partial charge in [0.2, 0.25) is 11.8 Å². The Morgan fingerprint density at radius 2 is 2.11 bits per heavy atom. The van der Waals surface area contributed by atoms with Crippen LogP contribution in [0, 0.1) is 5.41 Å². The van der Waals surface area contributed by atoms with Crippen LogP contribution in [0.1, 0.15) is 31.4 Å². The number of nitrogens with zero attached hydrogens (tertiary/aromatic N) is 1. The first kappa shape index (κ1) is 13.7. The van der Waals surface area contributed by atoms with Crippen molar-refractivity contribution in [1.82, 2.24) is 4.90 Å². The summed E-state index contributed by atoms with van der Waals surface area (Å²) in [5, 5.41) is 0. The number of rotatable bonds is 3. The second-order valence-corrected chi connectivity index (χ2v) is 5.85. The molecule has 0 aliphatic carbocycles. The Bertz CT molecular complexity index is 566. The molecule has 1 fully saturated rings. The second-order valence-electron chi connectivity index (χ2n) is 5.41. The van der Waals surface area contributed by atoms with Gasteiger partial charge in [-0.1, -0.05) is 44.3 Å². The van der Waals surface area contributed by atoms with E-state index in [1.54, 1.807) is 13.8 Å². The van der Waals surface area contributed by atoms with Crippen LogP contribution in [0.15, 0.2) is 24.3 Å². The van der Waals surface area contributed by atoms with E-state index in [0.29, 0.717) is 4.99 Å². The van der Waals surface area contributed by atoms with Gasteiger partial charge in [0, 0.05) is 12.0 Å². The first-order chi connectivity index (χ1) is 8.81. The number of benzene rings is 1. The Kier molecular flexibility index (Phi) is 3.41. The monoisotopic (exact) mass is 276 g/mol. The van der Waals surface area contributed by atoms with Crippen molar-refractivity contribution < 1.29 is 9.59 Å². The lowest BCUT2D eigenvalue weighted by molar-refractivity contribution is -0.141. The highest BCUT2D eigenvalue weighted by Gasteiger charge is 2.44. The van der Waals surface area contributed by atoms with E-state index in [-0.39, 0.29) is 24.8 Å². The van der Waals surface area contributed by atoms with Crippen molar-refractivity contribution in [3.8, 4) is 0 Å². The third-order valence-corrected chi connectivity index (χ3v) is 3.51. The zero-order chi connectivity index (χ0) is 14.2. The lowest BCUT2D eigenvalue weighted by Crippen LogP contribution is -2.32. The zero-order valence-corrected chi connectivity index (χ0v) is 11.8. The molecule has 0 saturated carbocycles. The van der Waals surface area contributed by atoms with E-state index in [2.05, 4.69) is 0 Å². The molecule has 1 aromatic carbocycles. The van der Waals surface area contributed by atoms with Crippen LogP contribution in [-0.2, 0) is 16.1 Å². The van der Waals surface area contributed by atoms with Crippen molar-refractivity contribution in [2.75, 3.05) is 0 Å². The summed E-state index contributed by atoms with van der Waals surface area (Å²) in [6.07, 6.45) is 0.265. The molecule has 1 aliphatic rings. The van der Waals surface area contributed by atoms with Crippen LogP contribution < -0.4 is 5.73 Å². The van der Waals surface area contributed by atoms with Gasteiger partial charge in [-0.15, -0.1) is 0 Å². The zero-order valence-electron chi connectivity index (χ0n) is 11.0. The molecule has 0 spiro atoms. The fraction of sp³-hybridized carbons (Fsp3) is 0.357. The van der Waals surface area contributed by atoms with E-state index in [0.717, 1.165) is 11.1 Å². The minimum Gasteiger partial charge on any atom is -0.389 e. The summed E-state index contributed by atoms with van der Waals surface area (Å²) < 4.78 is 0. The van der Waals surface area contributed by atoms with Crippen molar-refractivity contribution in [2.45, 2.75) is 26.8 Å². The smallest absolute Gasteiger partial charge is 0.235 e. The number of hydrogen-bond donors (Lipinski definition) is 1. The highest BCUT2D eigenvalue weighted by Crippen LogP contribution is 2.32. The molecule has 2 rings (SSSR count). The lowest BCUT2D eigenvalue weighted by atomic mass is 9.92. The van der Waals surface area contributed by atoms with Crippen LogP contribution in [0.2, 0.25) is 0 Å². The number of imide groups is 1. The molecular weight excluding hydrogens is 260 g/mol. The SMILES string of the molecule is CC1(C)CC(=O)N(Cc2cccc(C(N)=S)c2)C1=O.